The number of nitrogens with one attached hydrogen (secondary N) is 1. The molecule has 1 aliphatic heterocycles. The van der Waals surface area contributed by atoms with Crippen molar-refractivity contribution in [3.05, 3.63) is 17.4 Å². The Kier molecular flexibility index (Phi) is 76.8. The molecular formula is C75H119AlBr2Cl2F9LiN7NaO28S4. The maximum atomic E-state index is 13.4. The molecule has 0 aromatic heterocycles. The first kappa shape index (κ1) is 141. The van der Waals surface area contributed by atoms with Gasteiger partial charge in [0.15, 0.2) is 33.2 Å². The molecule has 742 valence electrons. The maximum Gasteiger partial charge on any atom is 1.00 e. The van der Waals surface area contributed by atoms with Gasteiger partial charge in [-0.15, -0.1) is 17.0 Å². The van der Waals surface area contributed by atoms with Crippen LogP contribution in [0.1, 0.15) is 168 Å². The second-order valence-corrected chi connectivity index (χ2v) is 33.3. The Morgan fingerprint density at radius 2 is 0.938 bits per heavy atom. The number of nitriles is 3. The minimum atomic E-state index is -2.37. The van der Waals surface area contributed by atoms with Crippen LogP contribution in [0, 0.1) is 82.7 Å². The standard InChI is InChI=1S/C9H12ClFO4.C9H13FO4.C7H10FN3S.C7H10N2O4.C7H12O4.C6H7BrFN.C6H8FNO.C6H9FO2S.C6H14O3S.C5H7FO3S.C5H9FO2.C2H2ClF.Al.BrH.Li.Na.H2O.4H/c1-3-14-6(12)8(5-9(8,10)11)7(13)15-4-2;1-3-13-7(11)9(5-6(9)10)8(12)14-4-2;8-5-3-7(5,1-2-9)4-12-6(10)11;1-3-12-6(10)5(9-8)7(11)13-4-2;1-3-10-6(8)5-7(9)11-4-2;7-4-6(1-2-9)3-5(6)8;7-5-3-6(5,4-9)1-2-8;7-4-1-6(4,3-10)2-5(8)9;1-5(2)8-10(7)9-6(3)4;6-4-1-5(4)2-8-10(7)9-3-5;6-4-1-5(4,2-7)3-8;1-2(3)4;;;;;;;;;/h3-5H2,1-2H3;6H,3-5H2,1-2H3;5H,1,3-4H2,(H3,10,11);3-4H2,1-2H3;3-5H2,1-2H3;5H,1,3-4H2;5,9H,1,3-4H2;4,10H,1-3H2,(H,8,9);5-6H,1-4H3;4H,1-3H2;4,7-8H,1-3H2;1H2;;1H;;;1H2;;;;/q;;;;;;;;;;;;;;2*+1;;;;;-1/p-1. The molecule has 9 aliphatic rings. The summed E-state index contributed by atoms with van der Waals surface area (Å²) in [4.78, 5) is 101. The molecule has 9 fully saturated rings. The molecule has 8 saturated carbocycles. The first-order valence-electron chi connectivity index (χ1n) is 38.5. The monoisotopic (exact) mass is 2150 g/mol. The molecular weight excluding hydrogens is 2030 g/mol. The zero-order valence-electron chi connectivity index (χ0n) is 75.0. The SMILES string of the molecule is Br.C=C(F)Cl.CC(C)OS(=O)OC(C)C.CCOC(=O)C(=[N+]=[N-])C(=O)OCC.CCOC(=O)C1(C(=O)OCC)CC1(F)Cl.CCOC(=O)C1(C(=O)OCC)CC1F.CCOC(=O)CC(=O)OCC.N#CCC1(CBr)CC1F.N#CCC1(CO)CC1F.N#CCC1(CSC(=N)N)CC1F.O=C(O)CC1(CS)CC1F.O=S1OCC2(CO1)CC2F.OCC1(CO)CC1F.[AlH3].[H-].[Li+].[Na+].[OH-]. The number of esters is 8. The van der Waals surface area contributed by atoms with Crippen molar-refractivity contribution in [2.75, 3.05) is 103 Å². The number of thiol groups is 1. The molecule has 0 bridgehead atoms. The first-order chi connectivity index (χ1) is 58.3. The van der Waals surface area contributed by atoms with Gasteiger partial charge >= 0.3 is 131 Å². The fourth-order valence-corrected chi connectivity index (χ4v) is 13.3. The predicted octanol–water partition coefficient (Wildman–Crippen LogP) is 4.01. The van der Waals surface area contributed by atoms with E-state index in [2.05, 4.69) is 97.8 Å². The van der Waals surface area contributed by atoms with Crippen LogP contribution in [0.3, 0.4) is 0 Å². The Labute approximate surface area is 840 Å². The molecule has 12 atom stereocenters. The zero-order valence-corrected chi connectivity index (χ0v) is 84.1. The molecule has 1 heterocycles. The Balaban J connectivity index is -0.000000178. The normalized spacial score (nSPS) is 25.8. The van der Waals surface area contributed by atoms with E-state index in [0.717, 1.165) is 11.8 Å². The average Bonchev–Trinajstić information content (AvgIpc) is 1.53. The molecule has 12 unspecified atom stereocenters. The van der Waals surface area contributed by atoms with E-state index >= 15 is 0 Å². The van der Waals surface area contributed by atoms with Gasteiger partial charge in [-0.3, -0.25) is 55.7 Å². The molecule has 0 aromatic rings. The molecule has 1 saturated heterocycles. The van der Waals surface area contributed by atoms with Gasteiger partial charge < -0.3 is 76.5 Å². The van der Waals surface area contributed by atoms with Crippen molar-refractivity contribution in [2.45, 2.75) is 227 Å². The number of carbonyl (C=O) groups excluding carboxylic acids is 8. The summed E-state index contributed by atoms with van der Waals surface area (Å²) in [6, 6.07) is 5.79. The molecule has 130 heavy (non-hydrogen) atoms. The number of ether oxygens (including phenoxy) is 8. The van der Waals surface area contributed by atoms with Gasteiger partial charge in [-0.25, -0.2) is 44.7 Å². The fourth-order valence-electron chi connectivity index (χ4n) is 9.44. The van der Waals surface area contributed by atoms with Crippen LogP contribution in [0.2, 0.25) is 0 Å². The second kappa shape index (κ2) is 70.6. The van der Waals surface area contributed by atoms with Gasteiger partial charge in [-0.2, -0.15) is 46.0 Å². The summed E-state index contributed by atoms with van der Waals surface area (Å²) in [6.07, 6.45) is -4.48. The Hall–Kier alpha value is -3.99. The van der Waals surface area contributed by atoms with Gasteiger partial charge in [-0.1, -0.05) is 57.5 Å². The molecule has 1 spiro atoms. The van der Waals surface area contributed by atoms with Gasteiger partial charge in [0.1, 0.15) is 49.6 Å². The fraction of sp³-hybridized carbons (Fsp3) is 0.787. The van der Waals surface area contributed by atoms with Crippen molar-refractivity contribution < 1.29 is 226 Å². The summed E-state index contributed by atoms with van der Waals surface area (Å²) in [5, 5.41) is 62.9. The smallest absolute Gasteiger partial charge is 1.00 e. The number of hydrogen-bond acceptors (Lipinski definition) is 33. The van der Waals surface area contributed by atoms with Crippen LogP contribution in [0.5, 0.6) is 0 Å². The third-order valence-electron chi connectivity index (χ3n) is 18.1. The molecule has 0 radical (unpaired) electrons. The van der Waals surface area contributed by atoms with Gasteiger partial charge in [0.05, 0.1) is 134 Å². The van der Waals surface area contributed by atoms with Crippen molar-refractivity contribution in [3.8, 4) is 18.2 Å². The van der Waals surface area contributed by atoms with Crippen LogP contribution in [0.25, 0.3) is 5.53 Å². The number of aliphatic hydroxyl groups excluding tert-OH is 3. The van der Waals surface area contributed by atoms with Gasteiger partial charge in [0.25, 0.3) is 0 Å². The van der Waals surface area contributed by atoms with E-state index in [4.69, 9.17) is 72.9 Å². The Bertz CT molecular complexity index is 3600. The van der Waals surface area contributed by atoms with Crippen LogP contribution in [-0.2, 0) is 121 Å². The Morgan fingerprint density at radius 3 is 1.13 bits per heavy atom. The van der Waals surface area contributed by atoms with E-state index in [9.17, 15) is 91.1 Å². The minimum Gasteiger partial charge on any atom is -1.00 e. The second-order valence-electron chi connectivity index (χ2n) is 28.7. The summed E-state index contributed by atoms with van der Waals surface area (Å²) in [5.74, 6) is -6.76. The topological polar surface area (TPSA) is 567 Å². The number of carboxylic acid groups (broad SMARTS) is 1. The van der Waals surface area contributed by atoms with Gasteiger partial charge in [-0.05, 0) is 127 Å². The van der Waals surface area contributed by atoms with Gasteiger partial charge in [0, 0.05) is 64.8 Å². The largest absolute Gasteiger partial charge is 1.00 e. The van der Waals surface area contributed by atoms with E-state index in [0.29, 0.717) is 61.8 Å². The molecule has 8 N–H and O–H groups in total. The van der Waals surface area contributed by atoms with E-state index < -0.39 is 174 Å². The van der Waals surface area contributed by atoms with Crippen LogP contribution < -0.4 is 54.2 Å². The number of nitrogens with zero attached hydrogens (tertiary/aromatic N) is 5. The summed E-state index contributed by atoms with van der Waals surface area (Å²) in [5.41, 5.74) is 5.74. The predicted molar refractivity (Wildman–Crippen MR) is 463 cm³/mol. The summed E-state index contributed by atoms with van der Waals surface area (Å²) >= 11 is 14.8. The van der Waals surface area contributed by atoms with Crippen molar-refractivity contribution in [2.24, 2.45) is 49.1 Å². The van der Waals surface area contributed by atoms with Crippen molar-refractivity contribution in [1.82, 2.24) is 0 Å². The van der Waals surface area contributed by atoms with Gasteiger partial charge in [0.2, 0.25) is 10.5 Å². The van der Waals surface area contributed by atoms with E-state index in [1.807, 2.05) is 45.9 Å². The summed E-state index contributed by atoms with van der Waals surface area (Å²) in [6.45, 7) is 23.7. The van der Waals surface area contributed by atoms with Crippen LogP contribution >= 0.6 is 80.5 Å². The molecule has 9 rings (SSSR count). The van der Waals surface area contributed by atoms with Crippen molar-refractivity contribution >= 4 is 185 Å². The number of hydrogen-bond donors (Lipinski definition) is 7. The zero-order chi connectivity index (χ0) is 97.3. The van der Waals surface area contributed by atoms with E-state index in [1.165, 1.54) is 0 Å². The van der Waals surface area contributed by atoms with Crippen molar-refractivity contribution in [3.63, 3.8) is 0 Å². The number of thioether (sulfide) groups is 1. The Morgan fingerprint density at radius 1 is 0.638 bits per heavy atom. The molecule has 0 amide bonds. The molecule has 0 aromatic carbocycles. The average molecular weight is 2150 g/mol. The number of nitrogens with two attached hydrogens (primary N) is 1. The van der Waals surface area contributed by atoms with Crippen LogP contribution in [-0.4, -0.2) is 284 Å². The third-order valence-corrected chi connectivity index (χ3v) is 23.1. The molecule has 8 aliphatic carbocycles. The number of carbonyl (C=O) groups is 9. The maximum absolute atomic E-state index is 13.4. The number of rotatable bonds is 32. The van der Waals surface area contributed by atoms with Crippen LogP contribution in [0.15, 0.2) is 11.9 Å². The number of amidine groups is 1. The first-order valence-corrected chi connectivity index (χ1v) is 44.0. The summed E-state index contributed by atoms with van der Waals surface area (Å²) < 4.78 is 188. The van der Waals surface area contributed by atoms with Crippen LogP contribution in [0.4, 0.5) is 39.5 Å². The minimum absolute atomic E-state index is 0. The molecule has 35 nitrogen and oxygen atoms in total. The number of aliphatic hydroxyl groups is 3. The quantitative estimate of drug-likeness (QED) is 0.00427. The molecule has 55 heteroatoms. The number of halogens is 13. The third kappa shape index (κ3) is 50.9. The van der Waals surface area contributed by atoms with E-state index in [-0.39, 0.29) is 237 Å². The van der Waals surface area contributed by atoms with Crippen molar-refractivity contribution in [1.29, 1.82) is 21.2 Å². The number of carboxylic acids is 1. The number of alkyl halides is 10. The number of aliphatic carboxylic acids is 1. The van der Waals surface area contributed by atoms with E-state index in [1.54, 1.807) is 55.4 Å². The summed E-state index contributed by atoms with van der Waals surface area (Å²) in [7, 11) is 0.